The number of hydrogen-bond acceptors (Lipinski definition) is 4. The average Bonchev–Trinajstić information content (AvgIpc) is 3.18. The largest absolute Gasteiger partial charge is 0.388 e. The number of rotatable bonds is 5. The Kier molecular flexibility index (Phi) is 5.23. The minimum Gasteiger partial charge on any atom is -0.388 e. The van der Waals surface area contributed by atoms with Crippen LogP contribution < -0.4 is 0 Å². The number of hydrogen-bond donors (Lipinski definition) is 1. The number of aliphatic hydroxyl groups excluding tert-OH is 1. The van der Waals surface area contributed by atoms with Crippen molar-refractivity contribution in [2.75, 3.05) is 25.1 Å². The molecule has 2 unspecified atom stereocenters. The molecule has 4 rings (SSSR count). The summed E-state index contributed by atoms with van der Waals surface area (Å²) < 4.78 is 13.1. The van der Waals surface area contributed by atoms with Crippen molar-refractivity contribution < 1.29 is 9.32 Å². The Morgan fingerprint density at radius 3 is 2.85 bits per heavy atom. The van der Waals surface area contributed by atoms with Gasteiger partial charge in [0.05, 0.1) is 18.8 Å². The Morgan fingerprint density at radius 2 is 2.11 bits per heavy atom. The van der Waals surface area contributed by atoms with Gasteiger partial charge in [0.15, 0.2) is 0 Å². The summed E-state index contributed by atoms with van der Waals surface area (Å²) in [6.07, 6.45) is 8.50. The lowest BCUT2D eigenvalue weighted by atomic mass is 9.73. The van der Waals surface area contributed by atoms with E-state index < -0.39 is 10.8 Å². The zero-order chi connectivity index (χ0) is 19.0. The maximum absolute atomic E-state index is 11.2. The van der Waals surface area contributed by atoms with Crippen molar-refractivity contribution in [3.8, 4) is 0 Å². The minimum absolute atomic E-state index is 0.145. The third kappa shape index (κ3) is 3.89. The molecule has 5 nitrogen and oxygen atoms in total. The molecule has 1 fully saturated rings. The van der Waals surface area contributed by atoms with Gasteiger partial charge in [0, 0.05) is 46.5 Å². The maximum Gasteiger partial charge on any atom is 0.0801 e. The van der Waals surface area contributed by atoms with Crippen molar-refractivity contribution in [3.63, 3.8) is 0 Å². The standard InChI is InChI=1S/C21H29N3O2S/c1-16-3-4-18-19(11-16)21(12-20(18)25)5-7-23(8-6-21)14-17-13-22-24(15-17)9-10-27(2)26/h3-4,11,13,15,20,25H,5-10,12,14H2,1-2H3. The molecule has 1 aliphatic carbocycles. The molecule has 1 aliphatic heterocycles. The van der Waals surface area contributed by atoms with Crippen LogP contribution in [-0.2, 0) is 29.3 Å². The van der Waals surface area contributed by atoms with E-state index >= 15 is 0 Å². The van der Waals surface area contributed by atoms with Crippen molar-refractivity contribution >= 4 is 10.8 Å². The highest BCUT2D eigenvalue weighted by Gasteiger charge is 2.44. The molecule has 0 amide bonds. The van der Waals surface area contributed by atoms with E-state index in [1.165, 1.54) is 16.7 Å². The first kappa shape index (κ1) is 18.8. The molecule has 0 radical (unpaired) electrons. The molecule has 1 N–H and O–H groups in total. The highest BCUT2D eigenvalue weighted by atomic mass is 32.2. The summed E-state index contributed by atoms with van der Waals surface area (Å²) in [6, 6.07) is 6.53. The van der Waals surface area contributed by atoms with Gasteiger partial charge in [0.1, 0.15) is 0 Å². The van der Waals surface area contributed by atoms with Crippen molar-refractivity contribution in [2.45, 2.75) is 50.8 Å². The van der Waals surface area contributed by atoms with Gasteiger partial charge < -0.3 is 5.11 Å². The fraction of sp³-hybridized carbons (Fsp3) is 0.571. The van der Waals surface area contributed by atoms with Crippen LogP contribution in [0.25, 0.3) is 0 Å². The Morgan fingerprint density at radius 1 is 1.33 bits per heavy atom. The van der Waals surface area contributed by atoms with Gasteiger partial charge in [-0.15, -0.1) is 0 Å². The fourth-order valence-electron chi connectivity index (χ4n) is 4.71. The normalized spacial score (nSPS) is 22.9. The second-order valence-corrected chi connectivity index (χ2v) is 9.81. The van der Waals surface area contributed by atoms with E-state index in [4.69, 9.17) is 0 Å². The van der Waals surface area contributed by atoms with Gasteiger partial charge in [-0.05, 0) is 50.4 Å². The number of nitrogens with zero attached hydrogens (tertiary/aromatic N) is 3. The second kappa shape index (κ2) is 7.49. The van der Waals surface area contributed by atoms with E-state index in [1.54, 1.807) is 6.26 Å². The topological polar surface area (TPSA) is 58.4 Å². The molecule has 1 spiro atoms. The van der Waals surface area contributed by atoms with Crippen LogP contribution >= 0.6 is 0 Å². The van der Waals surface area contributed by atoms with Gasteiger partial charge in [-0.3, -0.25) is 13.8 Å². The Balaban J connectivity index is 1.39. The molecule has 2 aromatic rings. The maximum atomic E-state index is 11.2. The zero-order valence-corrected chi connectivity index (χ0v) is 17.0. The summed E-state index contributed by atoms with van der Waals surface area (Å²) in [7, 11) is -0.783. The predicted octanol–water partition coefficient (Wildman–Crippen LogP) is 2.54. The van der Waals surface area contributed by atoms with E-state index in [0.717, 1.165) is 44.5 Å². The smallest absolute Gasteiger partial charge is 0.0801 e. The first-order valence-electron chi connectivity index (χ1n) is 9.78. The Hall–Kier alpha value is -1.50. The molecule has 146 valence electrons. The second-order valence-electron chi connectivity index (χ2n) is 8.26. The number of aromatic nitrogens is 2. The lowest BCUT2D eigenvalue weighted by Gasteiger charge is -2.40. The van der Waals surface area contributed by atoms with Crippen molar-refractivity contribution in [3.05, 3.63) is 52.8 Å². The number of aliphatic hydroxyl groups is 1. The van der Waals surface area contributed by atoms with Gasteiger partial charge in [-0.25, -0.2) is 0 Å². The summed E-state index contributed by atoms with van der Waals surface area (Å²) in [4.78, 5) is 2.49. The summed E-state index contributed by atoms with van der Waals surface area (Å²) in [6.45, 7) is 5.85. The SMILES string of the molecule is Cc1ccc2c(c1)C1(CCN(Cc3cnn(CCS(C)=O)c3)CC1)CC2O. The molecular weight excluding hydrogens is 358 g/mol. The molecule has 2 atom stereocenters. The van der Waals surface area contributed by atoms with Crippen LogP contribution in [0.4, 0.5) is 0 Å². The number of aryl methyl sites for hydroxylation is 2. The number of benzene rings is 1. The van der Waals surface area contributed by atoms with Crippen molar-refractivity contribution in [2.24, 2.45) is 0 Å². The minimum atomic E-state index is -0.783. The quantitative estimate of drug-likeness (QED) is 0.857. The third-order valence-electron chi connectivity index (χ3n) is 6.24. The van der Waals surface area contributed by atoms with Crippen LogP contribution in [-0.4, -0.2) is 49.1 Å². The third-order valence-corrected chi connectivity index (χ3v) is 6.99. The van der Waals surface area contributed by atoms with Crippen LogP contribution in [0, 0.1) is 6.92 Å². The van der Waals surface area contributed by atoms with Crippen molar-refractivity contribution in [1.82, 2.24) is 14.7 Å². The number of fused-ring (bicyclic) bond motifs is 2. The average molecular weight is 388 g/mol. The Labute approximate surface area is 163 Å². The van der Waals surface area contributed by atoms with Gasteiger partial charge in [-0.2, -0.15) is 5.10 Å². The molecular formula is C21H29N3O2S. The van der Waals surface area contributed by atoms with E-state index in [9.17, 15) is 9.32 Å². The molecule has 6 heteroatoms. The number of piperidine rings is 1. The summed E-state index contributed by atoms with van der Waals surface area (Å²) in [5, 5.41) is 14.9. The molecule has 2 heterocycles. The van der Waals surface area contributed by atoms with Crippen LogP contribution in [0.2, 0.25) is 0 Å². The van der Waals surface area contributed by atoms with E-state index in [-0.39, 0.29) is 11.5 Å². The highest BCUT2D eigenvalue weighted by molar-refractivity contribution is 7.84. The molecule has 1 aromatic heterocycles. The zero-order valence-electron chi connectivity index (χ0n) is 16.2. The summed E-state index contributed by atoms with van der Waals surface area (Å²) in [5.41, 5.74) is 5.17. The summed E-state index contributed by atoms with van der Waals surface area (Å²) >= 11 is 0. The van der Waals surface area contributed by atoms with E-state index in [0.29, 0.717) is 12.3 Å². The van der Waals surface area contributed by atoms with Crippen LogP contribution in [0.1, 0.15) is 47.6 Å². The van der Waals surface area contributed by atoms with Crippen LogP contribution in [0.15, 0.2) is 30.6 Å². The van der Waals surface area contributed by atoms with Gasteiger partial charge >= 0.3 is 0 Å². The first-order chi connectivity index (χ1) is 12.9. The van der Waals surface area contributed by atoms with Gasteiger partial charge in [0.25, 0.3) is 0 Å². The molecule has 0 bridgehead atoms. The molecule has 1 saturated heterocycles. The molecule has 2 aliphatic rings. The first-order valence-corrected chi connectivity index (χ1v) is 11.5. The van der Waals surface area contributed by atoms with Crippen LogP contribution in [0.3, 0.4) is 0 Å². The fourth-order valence-corrected chi connectivity index (χ4v) is 5.16. The lowest BCUT2D eigenvalue weighted by molar-refractivity contribution is 0.106. The molecule has 27 heavy (non-hydrogen) atoms. The Bertz CT molecular complexity index is 840. The predicted molar refractivity (Wildman–Crippen MR) is 108 cm³/mol. The van der Waals surface area contributed by atoms with Gasteiger partial charge in [-0.1, -0.05) is 23.8 Å². The lowest BCUT2D eigenvalue weighted by Crippen LogP contribution is -2.41. The monoisotopic (exact) mass is 387 g/mol. The molecule has 1 aromatic carbocycles. The van der Waals surface area contributed by atoms with E-state index in [2.05, 4.69) is 41.3 Å². The summed E-state index contributed by atoms with van der Waals surface area (Å²) in [5.74, 6) is 0.647. The van der Waals surface area contributed by atoms with Crippen molar-refractivity contribution in [1.29, 1.82) is 0 Å². The van der Waals surface area contributed by atoms with E-state index in [1.807, 2.05) is 10.9 Å². The van der Waals surface area contributed by atoms with Crippen LogP contribution in [0.5, 0.6) is 0 Å². The van der Waals surface area contributed by atoms with Gasteiger partial charge in [0.2, 0.25) is 0 Å². The molecule has 0 saturated carbocycles. The number of likely N-dealkylation sites (tertiary alicyclic amines) is 1. The highest BCUT2D eigenvalue weighted by Crippen LogP contribution is 2.51.